The van der Waals surface area contributed by atoms with Crippen LogP contribution >= 0.6 is 0 Å². The van der Waals surface area contributed by atoms with Crippen LogP contribution in [0.3, 0.4) is 0 Å². The molecular formula is C17H19N3O. The number of amides is 1. The van der Waals surface area contributed by atoms with E-state index in [1.807, 2.05) is 11.8 Å². The highest BCUT2D eigenvalue weighted by Crippen LogP contribution is 2.29. The van der Waals surface area contributed by atoms with E-state index in [1.54, 1.807) is 12.4 Å². The molecule has 108 valence electrons. The van der Waals surface area contributed by atoms with E-state index in [-0.39, 0.29) is 5.91 Å². The Morgan fingerprint density at radius 1 is 1.19 bits per heavy atom. The molecule has 1 saturated heterocycles. The molecular weight excluding hydrogens is 262 g/mol. The Bertz CT molecular complexity index is 651. The normalized spacial score (nSPS) is 18.0. The minimum Gasteiger partial charge on any atom is -0.337 e. The van der Waals surface area contributed by atoms with Gasteiger partial charge in [-0.05, 0) is 31.4 Å². The molecule has 1 amide bonds. The summed E-state index contributed by atoms with van der Waals surface area (Å²) in [7, 11) is 0. The molecule has 1 aromatic carbocycles. The van der Waals surface area contributed by atoms with Crippen LogP contribution in [0.25, 0.3) is 0 Å². The van der Waals surface area contributed by atoms with Crippen molar-refractivity contribution < 1.29 is 4.79 Å². The van der Waals surface area contributed by atoms with E-state index in [2.05, 4.69) is 41.2 Å². The van der Waals surface area contributed by atoms with Gasteiger partial charge in [-0.3, -0.25) is 9.78 Å². The van der Waals surface area contributed by atoms with Gasteiger partial charge in [0.2, 0.25) is 0 Å². The van der Waals surface area contributed by atoms with Gasteiger partial charge in [0.05, 0.1) is 11.9 Å². The molecule has 4 nitrogen and oxygen atoms in total. The Morgan fingerprint density at radius 2 is 2.00 bits per heavy atom. The first kappa shape index (κ1) is 13.7. The lowest BCUT2D eigenvalue weighted by Crippen LogP contribution is -2.29. The number of carbonyl (C=O) groups excluding carboxylic acids is 1. The number of likely N-dealkylation sites (tertiary alicyclic amines) is 1. The maximum atomic E-state index is 12.4. The lowest BCUT2D eigenvalue weighted by Gasteiger charge is -2.17. The molecule has 1 fully saturated rings. The summed E-state index contributed by atoms with van der Waals surface area (Å²) in [5.74, 6) is 0.409. The van der Waals surface area contributed by atoms with Crippen molar-refractivity contribution in [1.29, 1.82) is 0 Å². The topological polar surface area (TPSA) is 46.1 Å². The molecule has 1 atom stereocenters. The summed E-state index contributed by atoms with van der Waals surface area (Å²) < 4.78 is 0. The summed E-state index contributed by atoms with van der Waals surface area (Å²) in [5.41, 5.74) is 3.91. The second kappa shape index (κ2) is 5.64. The molecule has 1 aliphatic heterocycles. The van der Waals surface area contributed by atoms with Crippen molar-refractivity contribution in [3.63, 3.8) is 0 Å². The second-order valence-corrected chi connectivity index (χ2v) is 5.64. The Hall–Kier alpha value is -2.23. The van der Waals surface area contributed by atoms with Gasteiger partial charge in [0.1, 0.15) is 5.69 Å². The fourth-order valence-corrected chi connectivity index (χ4v) is 2.91. The van der Waals surface area contributed by atoms with Crippen molar-refractivity contribution in [3.05, 3.63) is 59.2 Å². The van der Waals surface area contributed by atoms with E-state index in [0.717, 1.165) is 25.2 Å². The summed E-state index contributed by atoms with van der Waals surface area (Å²) in [6, 6.07) is 8.42. The zero-order chi connectivity index (χ0) is 14.8. The number of nitrogens with zero attached hydrogens (tertiary/aromatic N) is 3. The van der Waals surface area contributed by atoms with Crippen LogP contribution in [0.1, 0.15) is 39.6 Å². The number of hydrogen-bond acceptors (Lipinski definition) is 3. The first-order chi connectivity index (χ1) is 10.1. The van der Waals surface area contributed by atoms with Crippen LogP contribution in [0.2, 0.25) is 0 Å². The van der Waals surface area contributed by atoms with E-state index < -0.39 is 0 Å². The molecule has 1 aromatic heterocycles. The quantitative estimate of drug-likeness (QED) is 0.850. The zero-order valence-corrected chi connectivity index (χ0v) is 12.4. The van der Waals surface area contributed by atoms with Gasteiger partial charge in [-0.15, -0.1) is 0 Å². The molecule has 3 rings (SSSR count). The first-order valence-electron chi connectivity index (χ1n) is 7.28. The molecule has 4 heteroatoms. The maximum absolute atomic E-state index is 12.4. The van der Waals surface area contributed by atoms with E-state index in [0.29, 0.717) is 11.6 Å². The highest BCUT2D eigenvalue weighted by Gasteiger charge is 2.29. The van der Waals surface area contributed by atoms with Crippen LogP contribution < -0.4 is 0 Å². The van der Waals surface area contributed by atoms with Crippen LogP contribution in [-0.4, -0.2) is 33.9 Å². The first-order valence-corrected chi connectivity index (χ1v) is 7.28. The van der Waals surface area contributed by atoms with Crippen LogP contribution in [-0.2, 0) is 0 Å². The molecule has 1 unspecified atom stereocenters. The highest BCUT2D eigenvalue weighted by atomic mass is 16.2. The van der Waals surface area contributed by atoms with Crippen LogP contribution in [0, 0.1) is 13.8 Å². The fraction of sp³-hybridized carbons (Fsp3) is 0.353. The summed E-state index contributed by atoms with van der Waals surface area (Å²) in [6.07, 6.45) is 4.22. The predicted molar refractivity (Wildman–Crippen MR) is 81.2 cm³/mol. The molecule has 0 radical (unpaired) electrons. The average molecular weight is 281 g/mol. The fourth-order valence-electron chi connectivity index (χ4n) is 2.91. The van der Waals surface area contributed by atoms with Gasteiger partial charge in [-0.1, -0.05) is 24.3 Å². The SMILES string of the molecule is Cc1cnc(C(=O)N2CCC(c3ccccc3C)C2)cn1. The monoisotopic (exact) mass is 281 g/mol. The number of aromatic nitrogens is 2. The zero-order valence-electron chi connectivity index (χ0n) is 12.4. The highest BCUT2D eigenvalue weighted by molar-refractivity contribution is 5.92. The largest absolute Gasteiger partial charge is 0.337 e. The van der Waals surface area contributed by atoms with Crippen molar-refractivity contribution >= 4 is 5.91 Å². The summed E-state index contributed by atoms with van der Waals surface area (Å²) >= 11 is 0. The molecule has 0 aliphatic carbocycles. The average Bonchev–Trinajstić information content (AvgIpc) is 2.97. The van der Waals surface area contributed by atoms with Gasteiger partial charge < -0.3 is 4.90 Å². The number of aryl methyl sites for hydroxylation is 2. The van der Waals surface area contributed by atoms with Gasteiger partial charge in [0, 0.05) is 25.2 Å². The summed E-state index contributed by atoms with van der Waals surface area (Å²) in [6.45, 7) is 5.54. The Balaban J connectivity index is 1.74. The number of carbonyl (C=O) groups is 1. The van der Waals surface area contributed by atoms with Crippen molar-refractivity contribution in [2.45, 2.75) is 26.2 Å². The van der Waals surface area contributed by atoms with Crippen molar-refractivity contribution in [1.82, 2.24) is 14.9 Å². The van der Waals surface area contributed by atoms with Gasteiger partial charge in [-0.25, -0.2) is 4.98 Å². The Morgan fingerprint density at radius 3 is 2.71 bits per heavy atom. The van der Waals surface area contributed by atoms with Crippen LogP contribution in [0.15, 0.2) is 36.7 Å². The lowest BCUT2D eigenvalue weighted by molar-refractivity contribution is 0.0784. The number of rotatable bonds is 2. The summed E-state index contributed by atoms with van der Waals surface area (Å²) in [5, 5.41) is 0. The molecule has 0 saturated carbocycles. The third kappa shape index (κ3) is 2.79. The van der Waals surface area contributed by atoms with Gasteiger partial charge in [0.25, 0.3) is 5.91 Å². The molecule has 2 aromatic rings. The standard InChI is InChI=1S/C17H19N3O/c1-12-5-3-4-6-15(12)14-7-8-20(11-14)17(21)16-10-18-13(2)9-19-16/h3-6,9-10,14H,7-8,11H2,1-2H3. The van der Waals surface area contributed by atoms with Gasteiger partial charge in [-0.2, -0.15) is 0 Å². The lowest BCUT2D eigenvalue weighted by atomic mass is 9.94. The molecule has 2 heterocycles. The molecule has 0 bridgehead atoms. The Kier molecular flexibility index (Phi) is 3.69. The van der Waals surface area contributed by atoms with Crippen molar-refractivity contribution in [2.24, 2.45) is 0 Å². The minimum atomic E-state index is -0.0152. The van der Waals surface area contributed by atoms with E-state index in [9.17, 15) is 4.79 Å². The third-order valence-electron chi connectivity index (χ3n) is 4.10. The smallest absolute Gasteiger partial charge is 0.274 e. The van der Waals surface area contributed by atoms with Crippen molar-refractivity contribution in [2.75, 3.05) is 13.1 Å². The molecule has 0 N–H and O–H groups in total. The van der Waals surface area contributed by atoms with Gasteiger partial charge in [0.15, 0.2) is 0 Å². The van der Waals surface area contributed by atoms with Crippen molar-refractivity contribution in [3.8, 4) is 0 Å². The minimum absolute atomic E-state index is 0.0152. The molecule has 1 aliphatic rings. The van der Waals surface area contributed by atoms with Gasteiger partial charge >= 0.3 is 0 Å². The molecule has 21 heavy (non-hydrogen) atoms. The molecule has 0 spiro atoms. The maximum Gasteiger partial charge on any atom is 0.274 e. The number of hydrogen-bond donors (Lipinski definition) is 0. The second-order valence-electron chi connectivity index (χ2n) is 5.64. The number of benzene rings is 1. The van der Waals surface area contributed by atoms with Crippen LogP contribution in [0.5, 0.6) is 0 Å². The third-order valence-corrected chi connectivity index (χ3v) is 4.10. The summed E-state index contributed by atoms with van der Waals surface area (Å²) in [4.78, 5) is 22.7. The predicted octanol–water partition coefficient (Wildman–Crippen LogP) is 2.72. The van der Waals surface area contributed by atoms with E-state index in [4.69, 9.17) is 0 Å². The van der Waals surface area contributed by atoms with E-state index in [1.165, 1.54) is 11.1 Å². The van der Waals surface area contributed by atoms with E-state index >= 15 is 0 Å². The Labute approximate surface area is 124 Å². The van der Waals surface area contributed by atoms with Crippen LogP contribution in [0.4, 0.5) is 0 Å².